The summed E-state index contributed by atoms with van der Waals surface area (Å²) >= 11 is 0. The highest BCUT2D eigenvalue weighted by Crippen LogP contribution is 2.21. The number of ether oxygens (including phenoxy) is 2. The SMILES string of the molecule is CC1=CCC(C)CC1.CC1COC(C)OC1. The van der Waals surface area contributed by atoms with Crippen molar-refractivity contribution in [3.63, 3.8) is 0 Å². The molecule has 1 heterocycles. The van der Waals surface area contributed by atoms with E-state index in [9.17, 15) is 0 Å². The molecule has 0 aromatic rings. The fourth-order valence-corrected chi connectivity index (χ4v) is 1.79. The Morgan fingerprint density at radius 1 is 1.06 bits per heavy atom. The summed E-state index contributed by atoms with van der Waals surface area (Å²) in [6, 6.07) is 0. The van der Waals surface area contributed by atoms with E-state index in [1.165, 1.54) is 19.3 Å². The van der Waals surface area contributed by atoms with Crippen LogP contribution in [0, 0.1) is 11.8 Å². The fourth-order valence-electron chi connectivity index (χ4n) is 1.79. The van der Waals surface area contributed by atoms with E-state index < -0.39 is 0 Å². The second-order valence-electron chi connectivity index (χ2n) is 5.27. The van der Waals surface area contributed by atoms with Crippen LogP contribution in [0.5, 0.6) is 0 Å². The molecule has 0 aromatic carbocycles. The van der Waals surface area contributed by atoms with E-state index in [4.69, 9.17) is 9.47 Å². The van der Waals surface area contributed by atoms with Crippen molar-refractivity contribution in [3.8, 4) is 0 Å². The van der Waals surface area contributed by atoms with Crippen LogP contribution < -0.4 is 0 Å². The summed E-state index contributed by atoms with van der Waals surface area (Å²) in [5.74, 6) is 1.52. The zero-order valence-corrected chi connectivity index (χ0v) is 11.2. The Morgan fingerprint density at radius 2 is 1.69 bits per heavy atom. The molecule has 1 atom stereocenters. The van der Waals surface area contributed by atoms with Crippen LogP contribution in [0.2, 0.25) is 0 Å². The standard InChI is InChI=1S/C8H14.C6H12O2/c1-7-3-5-8(2)6-4-7;1-5-3-7-6(2)8-4-5/h3,8H,4-6H2,1-2H3;5-6H,3-4H2,1-2H3. The van der Waals surface area contributed by atoms with Crippen molar-refractivity contribution >= 4 is 0 Å². The molecule has 0 bridgehead atoms. The van der Waals surface area contributed by atoms with Crippen LogP contribution in [0.15, 0.2) is 11.6 Å². The van der Waals surface area contributed by atoms with Gasteiger partial charge in [-0.05, 0) is 39.0 Å². The molecule has 0 amide bonds. The summed E-state index contributed by atoms with van der Waals surface area (Å²) in [5, 5.41) is 0. The van der Waals surface area contributed by atoms with Crippen LogP contribution in [0.3, 0.4) is 0 Å². The summed E-state index contributed by atoms with van der Waals surface area (Å²) in [5.41, 5.74) is 1.59. The molecule has 0 radical (unpaired) electrons. The van der Waals surface area contributed by atoms with E-state index in [0.29, 0.717) is 5.92 Å². The van der Waals surface area contributed by atoms with Crippen LogP contribution in [0.4, 0.5) is 0 Å². The summed E-state index contributed by atoms with van der Waals surface area (Å²) in [6.07, 6.45) is 6.44. The van der Waals surface area contributed by atoms with Crippen molar-refractivity contribution in [2.75, 3.05) is 13.2 Å². The lowest BCUT2D eigenvalue weighted by Gasteiger charge is -2.24. The molecule has 2 aliphatic rings. The van der Waals surface area contributed by atoms with Gasteiger partial charge in [-0.15, -0.1) is 0 Å². The molecule has 1 aliphatic carbocycles. The topological polar surface area (TPSA) is 18.5 Å². The molecule has 16 heavy (non-hydrogen) atoms. The minimum atomic E-state index is 0.0196. The van der Waals surface area contributed by atoms with E-state index >= 15 is 0 Å². The lowest BCUT2D eigenvalue weighted by molar-refractivity contribution is -0.187. The van der Waals surface area contributed by atoms with Crippen molar-refractivity contribution in [2.24, 2.45) is 11.8 Å². The van der Waals surface area contributed by atoms with Gasteiger partial charge in [-0.2, -0.15) is 0 Å². The van der Waals surface area contributed by atoms with Gasteiger partial charge in [-0.1, -0.05) is 25.5 Å². The maximum atomic E-state index is 5.17. The highest BCUT2D eigenvalue weighted by molar-refractivity contribution is 5.01. The van der Waals surface area contributed by atoms with Gasteiger partial charge in [0.2, 0.25) is 0 Å². The molecule has 2 nitrogen and oxygen atoms in total. The van der Waals surface area contributed by atoms with Gasteiger partial charge in [0.05, 0.1) is 13.2 Å². The third-order valence-corrected chi connectivity index (χ3v) is 3.13. The van der Waals surface area contributed by atoms with Gasteiger partial charge in [-0.3, -0.25) is 0 Å². The molecule has 2 rings (SSSR count). The number of rotatable bonds is 0. The molecule has 0 aromatic heterocycles. The van der Waals surface area contributed by atoms with Crippen LogP contribution in [-0.2, 0) is 9.47 Å². The Labute approximate surface area is 100 Å². The third kappa shape index (κ3) is 5.66. The first-order valence-electron chi connectivity index (χ1n) is 6.46. The maximum absolute atomic E-state index is 5.17. The van der Waals surface area contributed by atoms with Gasteiger partial charge >= 0.3 is 0 Å². The van der Waals surface area contributed by atoms with E-state index in [0.717, 1.165) is 19.1 Å². The van der Waals surface area contributed by atoms with Gasteiger partial charge < -0.3 is 9.47 Å². The first-order valence-corrected chi connectivity index (χ1v) is 6.46. The monoisotopic (exact) mass is 226 g/mol. The molecule has 0 N–H and O–H groups in total. The van der Waals surface area contributed by atoms with E-state index in [1.54, 1.807) is 5.57 Å². The molecule has 94 valence electrons. The Morgan fingerprint density at radius 3 is 2.06 bits per heavy atom. The normalized spacial score (nSPS) is 34.8. The zero-order valence-electron chi connectivity index (χ0n) is 11.2. The second-order valence-corrected chi connectivity index (χ2v) is 5.27. The Kier molecular flexibility index (Phi) is 6.07. The Hall–Kier alpha value is -0.340. The van der Waals surface area contributed by atoms with E-state index in [2.05, 4.69) is 26.8 Å². The summed E-state index contributed by atoms with van der Waals surface area (Å²) in [6.45, 7) is 10.3. The number of hydrogen-bond acceptors (Lipinski definition) is 2. The van der Waals surface area contributed by atoms with Gasteiger partial charge in [0.25, 0.3) is 0 Å². The smallest absolute Gasteiger partial charge is 0.154 e. The fraction of sp³-hybridized carbons (Fsp3) is 0.857. The molecule has 1 unspecified atom stereocenters. The van der Waals surface area contributed by atoms with Crippen LogP contribution in [0.1, 0.15) is 47.0 Å². The minimum Gasteiger partial charge on any atom is -0.353 e. The summed E-state index contributed by atoms with van der Waals surface area (Å²) in [4.78, 5) is 0. The van der Waals surface area contributed by atoms with Gasteiger partial charge in [-0.25, -0.2) is 0 Å². The molecule has 1 fully saturated rings. The third-order valence-electron chi connectivity index (χ3n) is 3.13. The van der Waals surface area contributed by atoms with Gasteiger partial charge in [0.1, 0.15) is 0 Å². The average Bonchev–Trinajstić information content (AvgIpc) is 2.28. The number of allylic oxidation sites excluding steroid dienone is 2. The number of hydrogen-bond donors (Lipinski definition) is 0. The molecule has 1 saturated heterocycles. The molecule has 0 spiro atoms. The Balaban J connectivity index is 0.000000160. The molecule has 0 saturated carbocycles. The van der Waals surface area contributed by atoms with Crippen LogP contribution >= 0.6 is 0 Å². The second kappa shape index (κ2) is 7.08. The Bertz CT molecular complexity index is 205. The quantitative estimate of drug-likeness (QED) is 0.585. The molecule has 2 heteroatoms. The summed E-state index contributed by atoms with van der Waals surface area (Å²) < 4.78 is 10.3. The van der Waals surface area contributed by atoms with Gasteiger partial charge in [0.15, 0.2) is 6.29 Å². The van der Waals surface area contributed by atoms with E-state index in [-0.39, 0.29) is 6.29 Å². The minimum absolute atomic E-state index is 0.0196. The molecular weight excluding hydrogens is 200 g/mol. The lowest BCUT2D eigenvalue weighted by atomic mass is 9.92. The van der Waals surface area contributed by atoms with Gasteiger partial charge in [0, 0.05) is 5.92 Å². The average molecular weight is 226 g/mol. The first-order chi connectivity index (χ1) is 7.58. The molecule has 1 aliphatic heterocycles. The summed E-state index contributed by atoms with van der Waals surface area (Å²) in [7, 11) is 0. The molecular formula is C14H26O2. The van der Waals surface area contributed by atoms with Crippen molar-refractivity contribution in [3.05, 3.63) is 11.6 Å². The highest BCUT2D eigenvalue weighted by Gasteiger charge is 2.13. The van der Waals surface area contributed by atoms with Crippen molar-refractivity contribution in [1.29, 1.82) is 0 Å². The zero-order chi connectivity index (χ0) is 12.0. The largest absolute Gasteiger partial charge is 0.353 e. The lowest BCUT2D eigenvalue weighted by Crippen LogP contribution is -2.27. The van der Waals surface area contributed by atoms with Crippen LogP contribution in [0.25, 0.3) is 0 Å². The predicted octanol–water partition coefficient (Wildman–Crippen LogP) is 3.77. The van der Waals surface area contributed by atoms with Crippen molar-refractivity contribution < 1.29 is 9.47 Å². The van der Waals surface area contributed by atoms with Crippen LogP contribution in [-0.4, -0.2) is 19.5 Å². The predicted molar refractivity (Wildman–Crippen MR) is 67.3 cm³/mol. The van der Waals surface area contributed by atoms with Crippen molar-refractivity contribution in [2.45, 2.75) is 53.2 Å². The first kappa shape index (κ1) is 13.7. The highest BCUT2D eigenvalue weighted by atomic mass is 16.7. The maximum Gasteiger partial charge on any atom is 0.154 e. The van der Waals surface area contributed by atoms with E-state index in [1.807, 2.05) is 6.92 Å². The van der Waals surface area contributed by atoms with Crippen molar-refractivity contribution in [1.82, 2.24) is 0 Å².